The normalized spacial score (nSPS) is 10.7. The molecule has 0 aromatic carbocycles. The smallest absolute Gasteiger partial charge is 0.223 e. The minimum Gasteiger partial charge on any atom is -0.369 e. The zero-order valence-corrected chi connectivity index (χ0v) is 11.0. The van der Waals surface area contributed by atoms with Crippen molar-refractivity contribution in [2.24, 2.45) is 0 Å². The zero-order valence-electron chi connectivity index (χ0n) is 10.2. The van der Waals surface area contributed by atoms with E-state index in [9.17, 15) is 0 Å². The first-order valence-corrected chi connectivity index (χ1v) is 6.84. The van der Waals surface area contributed by atoms with Gasteiger partial charge in [-0.15, -0.1) is 11.3 Å². The van der Waals surface area contributed by atoms with Gasteiger partial charge in [-0.05, 0) is 29.5 Å². The Kier molecular flexibility index (Phi) is 3.24. The molecule has 19 heavy (non-hydrogen) atoms. The number of nitrogens with zero attached hydrogens (tertiary/aromatic N) is 3. The average Bonchev–Trinajstić information content (AvgIpc) is 2.88. The summed E-state index contributed by atoms with van der Waals surface area (Å²) in [6.07, 6.45) is 4.54. The molecule has 96 valence electrons. The van der Waals surface area contributed by atoms with E-state index >= 15 is 0 Å². The summed E-state index contributed by atoms with van der Waals surface area (Å²) in [7, 11) is 0. The van der Waals surface area contributed by atoms with E-state index in [0.29, 0.717) is 5.95 Å². The fourth-order valence-electron chi connectivity index (χ4n) is 1.88. The standard InChI is InChI=1S/C13H13N5S/c14-13-17-11(10-4-7-19-12(10)18-13)16-6-3-9-2-1-5-15-8-9/h1-2,4-5,7-8H,3,6H2,(H3,14,16,17,18). The summed E-state index contributed by atoms with van der Waals surface area (Å²) in [4.78, 5) is 13.5. The molecule has 6 heteroatoms. The lowest BCUT2D eigenvalue weighted by atomic mass is 10.2. The summed E-state index contributed by atoms with van der Waals surface area (Å²) >= 11 is 1.56. The minimum atomic E-state index is 0.304. The largest absolute Gasteiger partial charge is 0.369 e. The molecule has 5 nitrogen and oxygen atoms in total. The first kappa shape index (κ1) is 11.9. The van der Waals surface area contributed by atoms with Crippen LogP contribution in [-0.4, -0.2) is 21.5 Å². The molecule has 3 N–H and O–H groups in total. The van der Waals surface area contributed by atoms with Crippen molar-refractivity contribution in [2.75, 3.05) is 17.6 Å². The number of nitrogen functional groups attached to an aromatic ring is 1. The first-order chi connectivity index (χ1) is 9.33. The van der Waals surface area contributed by atoms with Gasteiger partial charge < -0.3 is 11.1 Å². The summed E-state index contributed by atoms with van der Waals surface area (Å²) in [5, 5.41) is 6.32. The van der Waals surface area contributed by atoms with Crippen molar-refractivity contribution in [3.8, 4) is 0 Å². The van der Waals surface area contributed by atoms with Gasteiger partial charge in [-0.1, -0.05) is 6.07 Å². The van der Waals surface area contributed by atoms with Gasteiger partial charge in [-0.2, -0.15) is 4.98 Å². The molecule has 0 bridgehead atoms. The molecule has 0 unspecified atom stereocenters. The molecule has 3 aromatic heterocycles. The number of aromatic nitrogens is 3. The molecule has 0 aliphatic carbocycles. The van der Waals surface area contributed by atoms with E-state index in [1.807, 2.05) is 23.7 Å². The first-order valence-electron chi connectivity index (χ1n) is 5.96. The van der Waals surface area contributed by atoms with Gasteiger partial charge in [0.1, 0.15) is 10.6 Å². The molecule has 0 saturated carbocycles. The topological polar surface area (TPSA) is 76.7 Å². The maximum absolute atomic E-state index is 5.70. The molecule has 0 radical (unpaired) electrons. The fraction of sp³-hybridized carbons (Fsp3) is 0.154. The number of hydrogen-bond acceptors (Lipinski definition) is 6. The van der Waals surface area contributed by atoms with Gasteiger partial charge in [-0.25, -0.2) is 4.98 Å². The van der Waals surface area contributed by atoms with Crippen molar-refractivity contribution in [1.82, 2.24) is 15.0 Å². The fourth-order valence-corrected chi connectivity index (χ4v) is 2.65. The Hall–Kier alpha value is -2.21. The van der Waals surface area contributed by atoms with Crippen LogP contribution in [0, 0.1) is 0 Å². The van der Waals surface area contributed by atoms with Gasteiger partial charge in [-0.3, -0.25) is 4.98 Å². The van der Waals surface area contributed by atoms with Crippen LogP contribution >= 0.6 is 11.3 Å². The summed E-state index contributed by atoms with van der Waals surface area (Å²) in [6, 6.07) is 6.00. The second-order valence-corrected chi connectivity index (χ2v) is 5.00. The van der Waals surface area contributed by atoms with E-state index < -0.39 is 0 Å². The van der Waals surface area contributed by atoms with Crippen LogP contribution < -0.4 is 11.1 Å². The SMILES string of the molecule is Nc1nc(NCCc2cccnc2)c2ccsc2n1. The van der Waals surface area contributed by atoms with Crippen LogP contribution in [0.5, 0.6) is 0 Å². The molecular weight excluding hydrogens is 258 g/mol. The van der Waals surface area contributed by atoms with Crippen LogP contribution in [0.15, 0.2) is 36.0 Å². The van der Waals surface area contributed by atoms with Crippen LogP contribution in [0.1, 0.15) is 5.56 Å². The summed E-state index contributed by atoms with van der Waals surface area (Å²) in [5.74, 6) is 1.10. The summed E-state index contributed by atoms with van der Waals surface area (Å²) in [6.45, 7) is 0.785. The van der Waals surface area contributed by atoms with E-state index in [4.69, 9.17) is 5.73 Å². The van der Waals surface area contributed by atoms with E-state index in [1.54, 1.807) is 17.5 Å². The molecule has 3 rings (SSSR count). The monoisotopic (exact) mass is 271 g/mol. The third kappa shape index (κ3) is 2.63. The Labute approximate surface area is 114 Å². The van der Waals surface area contributed by atoms with E-state index in [-0.39, 0.29) is 0 Å². The van der Waals surface area contributed by atoms with Gasteiger partial charge in [0, 0.05) is 18.9 Å². The molecular formula is C13H13N5S. The van der Waals surface area contributed by atoms with Crippen LogP contribution in [0.2, 0.25) is 0 Å². The van der Waals surface area contributed by atoms with Crippen LogP contribution in [0.4, 0.5) is 11.8 Å². The van der Waals surface area contributed by atoms with Crippen molar-refractivity contribution in [3.63, 3.8) is 0 Å². The van der Waals surface area contributed by atoms with Gasteiger partial charge in [0.2, 0.25) is 5.95 Å². The lowest BCUT2D eigenvalue weighted by molar-refractivity contribution is 0.995. The third-order valence-electron chi connectivity index (χ3n) is 2.77. The third-order valence-corrected chi connectivity index (χ3v) is 3.58. The zero-order chi connectivity index (χ0) is 13.1. The number of anilines is 2. The van der Waals surface area contributed by atoms with Gasteiger partial charge in [0.15, 0.2) is 0 Å². The number of nitrogens with two attached hydrogens (primary N) is 1. The van der Waals surface area contributed by atoms with Crippen LogP contribution in [0.3, 0.4) is 0 Å². The Morgan fingerprint density at radius 1 is 1.26 bits per heavy atom. The van der Waals surface area contributed by atoms with Gasteiger partial charge >= 0.3 is 0 Å². The minimum absolute atomic E-state index is 0.304. The number of thiophene rings is 1. The molecule has 0 spiro atoms. The van der Waals surface area contributed by atoms with Crippen molar-refractivity contribution < 1.29 is 0 Å². The number of pyridine rings is 1. The second-order valence-electron chi connectivity index (χ2n) is 4.11. The molecule has 0 aliphatic heterocycles. The molecule has 0 saturated heterocycles. The highest BCUT2D eigenvalue weighted by Crippen LogP contribution is 2.25. The number of fused-ring (bicyclic) bond motifs is 1. The van der Waals surface area contributed by atoms with Crippen LogP contribution in [0.25, 0.3) is 10.2 Å². The van der Waals surface area contributed by atoms with E-state index in [0.717, 1.165) is 29.0 Å². The molecule has 3 aromatic rings. The predicted octanol–water partition coefficient (Wildman–Crippen LogP) is 2.32. The van der Waals surface area contributed by atoms with Crippen molar-refractivity contribution in [1.29, 1.82) is 0 Å². The number of nitrogens with one attached hydrogen (secondary N) is 1. The Morgan fingerprint density at radius 3 is 3.05 bits per heavy atom. The highest BCUT2D eigenvalue weighted by molar-refractivity contribution is 7.16. The average molecular weight is 271 g/mol. The highest BCUT2D eigenvalue weighted by atomic mass is 32.1. The lowest BCUT2D eigenvalue weighted by Crippen LogP contribution is -2.08. The van der Waals surface area contributed by atoms with Crippen molar-refractivity contribution >= 4 is 33.3 Å². The highest BCUT2D eigenvalue weighted by Gasteiger charge is 2.06. The molecule has 0 aliphatic rings. The lowest BCUT2D eigenvalue weighted by Gasteiger charge is -2.07. The van der Waals surface area contributed by atoms with E-state index in [1.165, 1.54) is 5.56 Å². The Bertz CT molecular complexity index is 680. The molecule has 3 heterocycles. The quantitative estimate of drug-likeness (QED) is 0.761. The second kappa shape index (κ2) is 5.19. The number of hydrogen-bond donors (Lipinski definition) is 2. The maximum atomic E-state index is 5.70. The molecule has 0 amide bonds. The molecule has 0 atom stereocenters. The van der Waals surface area contributed by atoms with E-state index in [2.05, 4.69) is 26.3 Å². The van der Waals surface area contributed by atoms with Gasteiger partial charge in [0.25, 0.3) is 0 Å². The summed E-state index contributed by atoms with van der Waals surface area (Å²) in [5.41, 5.74) is 6.89. The maximum Gasteiger partial charge on any atom is 0.223 e. The molecule has 0 fully saturated rings. The Balaban J connectivity index is 1.73. The van der Waals surface area contributed by atoms with Crippen molar-refractivity contribution in [2.45, 2.75) is 6.42 Å². The van der Waals surface area contributed by atoms with Gasteiger partial charge in [0.05, 0.1) is 5.39 Å². The number of rotatable bonds is 4. The predicted molar refractivity (Wildman–Crippen MR) is 78.3 cm³/mol. The summed E-state index contributed by atoms with van der Waals surface area (Å²) < 4.78 is 0. The van der Waals surface area contributed by atoms with Crippen LogP contribution in [-0.2, 0) is 6.42 Å². The van der Waals surface area contributed by atoms with Crippen molar-refractivity contribution in [3.05, 3.63) is 41.5 Å². The Morgan fingerprint density at radius 2 is 2.21 bits per heavy atom.